The van der Waals surface area contributed by atoms with Crippen LogP contribution in [-0.2, 0) is 18.8 Å². The minimum atomic E-state index is -3.81. The van der Waals surface area contributed by atoms with Crippen molar-refractivity contribution in [3.63, 3.8) is 0 Å². The lowest BCUT2D eigenvalue weighted by atomic mass is 9.79. The van der Waals surface area contributed by atoms with Gasteiger partial charge in [-0.25, -0.2) is 8.37 Å². The summed E-state index contributed by atoms with van der Waals surface area (Å²) >= 11 is 0. The lowest BCUT2D eigenvalue weighted by molar-refractivity contribution is -0.0434. The van der Waals surface area contributed by atoms with Crippen LogP contribution in [0.15, 0.2) is 0 Å². The van der Waals surface area contributed by atoms with Crippen molar-refractivity contribution in [2.45, 2.75) is 45.8 Å². The SMILES string of the molecule is CC(C)C1(C)OS(=O)(=O)OC1(C)C. The molecule has 1 heterocycles. The predicted octanol–water partition coefficient (Wildman–Crippen LogP) is 1.47. The molecule has 1 atom stereocenters. The summed E-state index contributed by atoms with van der Waals surface area (Å²) in [5, 5.41) is 0. The van der Waals surface area contributed by atoms with E-state index in [1.807, 2.05) is 13.8 Å². The van der Waals surface area contributed by atoms with Crippen molar-refractivity contribution in [1.82, 2.24) is 0 Å². The fourth-order valence-corrected chi connectivity index (χ4v) is 2.99. The topological polar surface area (TPSA) is 52.6 Å². The largest absolute Gasteiger partial charge is 0.401 e. The van der Waals surface area contributed by atoms with Gasteiger partial charge in [0.2, 0.25) is 0 Å². The van der Waals surface area contributed by atoms with E-state index in [1.54, 1.807) is 20.8 Å². The highest BCUT2D eigenvalue weighted by Crippen LogP contribution is 2.44. The molecule has 1 saturated heterocycles. The van der Waals surface area contributed by atoms with E-state index < -0.39 is 21.6 Å². The molecule has 4 nitrogen and oxygen atoms in total. The van der Waals surface area contributed by atoms with Crippen molar-refractivity contribution in [2.75, 3.05) is 0 Å². The molecule has 0 N–H and O–H groups in total. The lowest BCUT2D eigenvalue weighted by Gasteiger charge is -2.35. The van der Waals surface area contributed by atoms with Crippen molar-refractivity contribution in [1.29, 1.82) is 0 Å². The highest BCUT2D eigenvalue weighted by Gasteiger charge is 2.57. The van der Waals surface area contributed by atoms with Gasteiger partial charge in [-0.1, -0.05) is 13.8 Å². The van der Waals surface area contributed by atoms with E-state index in [0.717, 1.165) is 0 Å². The van der Waals surface area contributed by atoms with Gasteiger partial charge in [0.1, 0.15) is 11.2 Å². The summed E-state index contributed by atoms with van der Waals surface area (Å²) in [7, 11) is -3.81. The average Bonchev–Trinajstić information content (AvgIpc) is 1.97. The first-order chi connectivity index (χ1) is 5.61. The van der Waals surface area contributed by atoms with Crippen LogP contribution in [0.2, 0.25) is 0 Å². The summed E-state index contributed by atoms with van der Waals surface area (Å²) in [6.45, 7) is 9.01. The maximum absolute atomic E-state index is 11.1. The third-order valence-corrected chi connectivity index (χ3v) is 4.05. The Labute approximate surface area is 79.6 Å². The van der Waals surface area contributed by atoms with Crippen molar-refractivity contribution >= 4 is 10.4 Å². The van der Waals surface area contributed by atoms with E-state index in [9.17, 15) is 8.42 Å². The van der Waals surface area contributed by atoms with Crippen molar-refractivity contribution < 1.29 is 16.8 Å². The maximum Gasteiger partial charge on any atom is 0.401 e. The summed E-state index contributed by atoms with van der Waals surface area (Å²) in [5.41, 5.74) is -1.59. The molecular weight excluding hydrogens is 192 g/mol. The van der Waals surface area contributed by atoms with Crippen LogP contribution in [0.4, 0.5) is 0 Å². The molecule has 0 aromatic heterocycles. The molecule has 0 amide bonds. The van der Waals surface area contributed by atoms with Crippen molar-refractivity contribution in [3.05, 3.63) is 0 Å². The Bertz CT molecular complexity index is 304. The standard InChI is InChI=1S/C8H16O4S/c1-6(2)8(5)7(3,4)11-13(9,10)12-8/h6H,1-5H3. The highest BCUT2D eigenvalue weighted by atomic mass is 32.3. The Morgan fingerprint density at radius 2 is 1.54 bits per heavy atom. The molecule has 0 aromatic carbocycles. The molecular formula is C8H16O4S. The van der Waals surface area contributed by atoms with Gasteiger partial charge in [0.25, 0.3) is 0 Å². The van der Waals surface area contributed by atoms with E-state index in [4.69, 9.17) is 8.37 Å². The number of rotatable bonds is 1. The first kappa shape index (κ1) is 10.9. The van der Waals surface area contributed by atoms with Gasteiger partial charge in [0.05, 0.1) is 0 Å². The van der Waals surface area contributed by atoms with Gasteiger partial charge in [0, 0.05) is 0 Å². The van der Waals surface area contributed by atoms with Crippen LogP contribution in [0.25, 0.3) is 0 Å². The molecule has 0 radical (unpaired) electrons. The normalized spacial score (nSPS) is 36.8. The molecule has 1 aliphatic heterocycles. The van der Waals surface area contributed by atoms with E-state index >= 15 is 0 Å². The molecule has 1 aliphatic rings. The van der Waals surface area contributed by atoms with Gasteiger partial charge in [0.15, 0.2) is 0 Å². The molecule has 1 unspecified atom stereocenters. The number of hydrogen-bond acceptors (Lipinski definition) is 4. The van der Waals surface area contributed by atoms with Crippen molar-refractivity contribution in [2.24, 2.45) is 5.92 Å². The zero-order valence-corrected chi connectivity index (χ0v) is 9.44. The molecule has 1 fully saturated rings. The second kappa shape index (κ2) is 2.68. The Balaban J connectivity index is 3.15. The fraction of sp³-hybridized carbons (Fsp3) is 1.00. The minimum Gasteiger partial charge on any atom is -0.239 e. The average molecular weight is 208 g/mol. The minimum absolute atomic E-state index is 0.0692. The van der Waals surface area contributed by atoms with E-state index in [-0.39, 0.29) is 5.92 Å². The first-order valence-electron chi connectivity index (χ1n) is 4.27. The molecule has 13 heavy (non-hydrogen) atoms. The lowest BCUT2D eigenvalue weighted by Crippen LogP contribution is -2.48. The summed E-state index contributed by atoms with van der Waals surface area (Å²) in [4.78, 5) is 0. The van der Waals surface area contributed by atoms with Gasteiger partial charge in [-0.2, -0.15) is 8.42 Å². The molecule has 0 saturated carbocycles. The zero-order chi connectivity index (χ0) is 10.5. The summed E-state index contributed by atoms with van der Waals surface area (Å²) in [6.07, 6.45) is 0. The van der Waals surface area contributed by atoms with Gasteiger partial charge < -0.3 is 0 Å². The summed E-state index contributed by atoms with van der Waals surface area (Å²) in [6, 6.07) is 0. The van der Waals surface area contributed by atoms with Crippen LogP contribution in [-0.4, -0.2) is 19.6 Å². The summed E-state index contributed by atoms with van der Waals surface area (Å²) < 4.78 is 32.1. The fourth-order valence-electron chi connectivity index (χ4n) is 1.46. The van der Waals surface area contributed by atoms with Gasteiger partial charge in [-0.3, -0.25) is 0 Å². The molecule has 78 valence electrons. The van der Waals surface area contributed by atoms with Crippen LogP contribution in [0, 0.1) is 5.92 Å². The molecule has 1 rings (SSSR count). The Morgan fingerprint density at radius 1 is 1.08 bits per heavy atom. The summed E-state index contributed by atoms with van der Waals surface area (Å²) in [5.74, 6) is 0.0692. The van der Waals surface area contributed by atoms with Crippen LogP contribution in [0.5, 0.6) is 0 Å². The Kier molecular flexibility index (Phi) is 2.26. The number of hydrogen-bond donors (Lipinski definition) is 0. The van der Waals surface area contributed by atoms with Gasteiger partial charge in [-0.15, -0.1) is 0 Å². The second-order valence-corrected chi connectivity index (χ2v) is 5.50. The zero-order valence-electron chi connectivity index (χ0n) is 8.62. The predicted molar refractivity (Wildman–Crippen MR) is 48.4 cm³/mol. The third-order valence-electron chi connectivity index (χ3n) is 2.88. The Hall–Kier alpha value is -0.130. The molecule has 0 spiro atoms. The Morgan fingerprint density at radius 3 is 1.69 bits per heavy atom. The smallest absolute Gasteiger partial charge is 0.239 e. The van der Waals surface area contributed by atoms with Crippen LogP contribution < -0.4 is 0 Å². The van der Waals surface area contributed by atoms with E-state index in [1.165, 1.54) is 0 Å². The molecule has 0 aliphatic carbocycles. The first-order valence-corrected chi connectivity index (χ1v) is 5.60. The van der Waals surface area contributed by atoms with Crippen LogP contribution >= 0.6 is 0 Å². The van der Waals surface area contributed by atoms with Crippen LogP contribution in [0.3, 0.4) is 0 Å². The van der Waals surface area contributed by atoms with E-state index in [0.29, 0.717) is 0 Å². The molecule has 0 bridgehead atoms. The highest BCUT2D eigenvalue weighted by molar-refractivity contribution is 7.82. The van der Waals surface area contributed by atoms with Gasteiger partial charge >= 0.3 is 10.4 Å². The second-order valence-electron chi connectivity index (χ2n) is 4.35. The van der Waals surface area contributed by atoms with Gasteiger partial charge in [-0.05, 0) is 26.7 Å². The quantitative estimate of drug-likeness (QED) is 0.655. The molecule has 0 aromatic rings. The maximum atomic E-state index is 11.1. The third kappa shape index (κ3) is 1.60. The van der Waals surface area contributed by atoms with E-state index in [2.05, 4.69) is 0 Å². The van der Waals surface area contributed by atoms with Crippen LogP contribution in [0.1, 0.15) is 34.6 Å². The molecule has 5 heteroatoms. The van der Waals surface area contributed by atoms with Crippen molar-refractivity contribution in [3.8, 4) is 0 Å². The monoisotopic (exact) mass is 208 g/mol.